The molecule has 1 fully saturated rings. The molecule has 1 N–H and O–H groups in total. The van der Waals surface area contributed by atoms with E-state index in [4.69, 9.17) is 11.6 Å². The van der Waals surface area contributed by atoms with Gasteiger partial charge in [0.15, 0.2) is 11.0 Å². The topological polar surface area (TPSA) is 80.1 Å². The summed E-state index contributed by atoms with van der Waals surface area (Å²) in [5.41, 5.74) is 0.844. The van der Waals surface area contributed by atoms with E-state index in [0.717, 1.165) is 37.7 Å². The molecular weight excluding hydrogens is 453 g/mol. The van der Waals surface area contributed by atoms with Crippen LogP contribution in [0.4, 0.5) is 4.39 Å². The van der Waals surface area contributed by atoms with Gasteiger partial charge in [-0.1, -0.05) is 47.6 Å². The Hall–Kier alpha value is -2.91. The minimum atomic E-state index is -0.455. The number of amides is 2. The molecule has 7 nitrogen and oxygen atoms in total. The molecule has 2 amide bonds. The fraction of sp³-hybridized carbons (Fsp3) is 0.273. The maximum absolute atomic E-state index is 14.6. The molecule has 2 aromatic carbocycles. The third-order valence-corrected chi connectivity index (χ3v) is 6.33. The molecule has 1 aliphatic heterocycles. The number of benzene rings is 2. The molecule has 32 heavy (non-hydrogen) atoms. The number of halogens is 2. The Morgan fingerprint density at radius 2 is 1.78 bits per heavy atom. The van der Waals surface area contributed by atoms with Crippen molar-refractivity contribution in [1.29, 1.82) is 0 Å². The fourth-order valence-corrected chi connectivity index (χ4v) is 4.46. The molecule has 0 aliphatic carbocycles. The first-order valence-corrected chi connectivity index (χ1v) is 11.5. The number of hydrogen-bond donors (Lipinski definition) is 1. The monoisotopic (exact) mass is 473 g/mol. The summed E-state index contributed by atoms with van der Waals surface area (Å²) in [5, 5.41) is 11.8. The van der Waals surface area contributed by atoms with Crippen molar-refractivity contribution in [3.63, 3.8) is 0 Å². The smallest absolute Gasteiger partial charge is 0.241 e. The number of rotatable bonds is 7. The highest BCUT2D eigenvalue weighted by atomic mass is 35.5. The van der Waals surface area contributed by atoms with E-state index >= 15 is 0 Å². The molecule has 1 saturated heterocycles. The van der Waals surface area contributed by atoms with Crippen LogP contribution in [-0.2, 0) is 9.59 Å². The summed E-state index contributed by atoms with van der Waals surface area (Å²) in [5.74, 6) is -0.486. The number of para-hydroxylation sites is 1. The first kappa shape index (κ1) is 22.3. The average Bonchev–Trinajstić information content (AvgIpc) is 3.47. The second-order valence-corrected chi connectivity index (χ2v) is 8.58. The molecule has 3 aromatic rings. The van der Waals surface area contributed by atoms with Crippen molar-refractivity contribution in [2.24, 2.45) is 0 Å². The van der Waals surface area contributed by atoms with Crippen LogP contribution in [0.15, 0.2) is 53.7 Å². The van der Waals surface area contributed by atoms with Gasteiger partial charge in [-0.05, 0) is 37.1 Å². The Bertz CT molecular complexity index is 1130. The van der Waals surface area contributed by atoms with E-state index in [1.54, 1.807) is 51.9 Å². The summed E-state index contributed by atoms with van der Waals surface area (Å²) in [6.45, 7) is 1.43. The zero-order chi connectivity index (χ0) is 22.5. The predicted octanol–water partition coefficient (Wildman–Crippen LogP) is 3.56. The summed E-state index contributed by atoms with van der Waals surface area (Å²) in [6.07, 6.45) is 1.99. The highest BCUT2D eigenvalue weighted by molar-refractivity contribution is 7.99. The molecule has 166 valence electrons. The number of carbonyl (C=O) groups excluding carboxylic acids is 2. The van der Waals surface area contributed by atoms with Crippen molar-refractivity contribution in [3.8, 4) is 17.1 Å². The maximum atomic E-state index is 14.6. The van der Waals surface area contributed by atoms with Gasteiger partial charge in [0.2, 0.25) is 11.8 Å². The van der Waals surface area contributed by atoms with Crippen LogP contribution >= 0.6 is 23.4 Å². The third kappa shape index (κ3) is 4.94. The summed E-state index contributed by atoms with van der Waals surface area (Å²) in [4.78, 5) is 26.2. The summed E-state index contributed by atoms with van der Waals surface area (Å²) in [6, 6.07) is 13.3. The fourth-order valence-electron chi connectivity index (χ4n) is 3.46. The molecule has 1 aliphatic rings. The lowest BCUT2D eigenvalue weighted by Crippen LogP contribution is -2.39. The van der Waals surface area contributed by atoms with Crippen molar-refractivity contribution in [2.45, 2.75) is 18.0 Å². The average molecular weight is 474 g/mol. The van der Waals surface area contributed by atoms with E-state index in [0.29, 0.717) is 21.6 Å². The number of likely N-dealkylation sites (tertiary alicyclic amines) is 1. The van der Waals surface area contributed by atoms with Crippen LogP contribution < -0.4 is 5.32 Å². The van der Waals surface area contributed by atoms with Gasteiger partial charge in [0.05, 0.1) is 23.0 Å². The van der Waals surface area contributed by atoms with Crippen LogP contribution in [0.2, 0.25) is 5.02 Å². The van der Waals surface area contributed by atoms with Gasteiger partial charge < -0.3 is 10.2 Å². The molecule has 10 heteroatoms. The standard InChI is InChI=1S/C22H21ClFN5O2S/c23-16-8-2-1-7-15(16)21-26-27-22(29(21)18-10-4-3-9-17(18)24)32-14-19(30)25-13-20(31)28-11-5-6-12-28/h1-4,7-10H,5-6,11-14H2,(H,25,30). The molecular formula is C22H21ClFN5O2S. The number of hydrogen-bond acceptors (Lipinski definition) is 5. The summed E-state index contributed by atoms with van der Waals surface area (Å²) >= 11 is 7.44. The molecule has 0 radical (unpaired) electrons. The van der Waals surface area contributed by atoms with Crippen LogP contribution in [0.25, 0.3) is 17.1 Å². The van der Waals surface area contributed by atoms with Gasteiger partial charge >= 0.3 is 0 Å². The van der Waals surface area contributed by atoms with Gasteiger partial charge in [0, 0.05) is 18.7 Å². The normalized spacial score (nSPS) is 13.4. The molecule has 0 saturated carbocycles. The first-order valence-electron chi connectivity index (χ1n) is 10.2. The minimum absolute atomic E-state index is 0.00237. The molecule has 0 bridgehead atoms. The van der Waals surface area contributed by atoms with E-state index in [9.17, 15) is 14.0 Å². The number of aromatic nitrogens is 3. The summed E-state index contributed by atoms with van der Waals surface area (Å²) in [7, 11) is 0. The van der Waals surface area contributed by atoms with Crippen LogP contribution in [-0.4, -0.2) is 56.9 Å². The number of thioether (sulfide) groups is 1. The maximum Gasteiger partial charge on any atom is 0.241 e. The Balaban J connectivity index is 1.52. The van der Waals surface area contributed by atoms with Gasteiger partial charge in [-0.3, -0.25) is 14.2 Å². The zero-order valence-electron chi connectivity index (χ0n) is 17.1. The second-order valence-electron chi connectivity index (χ2n) is 7.23. The Labute approximate surface area is 194 Å². The van der Waals surface area contributed by atoms with Gasteiger partial charge in [0.1, 0.15) is 5.82 Å². The predicted molar refractivity (Wildman–Crippen MR) is 121 cm³/mol. The van der Waals surface area contributed by atoms with Gasteiger partial charge in [-0.15, -0.1) is 10.2 Å². The van der Waals surface area contributed by atoms with Crippen LogP contribution in [0, 0.1) is 5.82 Å². The largest absolute Gasteiger partial charge is 0.346 e. The van der Waals surface area contributed by atoms with Crippen molar-refractivity contribution >= 4 is 35.2 Å². The van der Waals surface area contributed by atoms with Gasteiger partial charge in [-0.25, -0.2) is 4.39 Å². The van der Waals surface area contributed by atoms with E-state index in [1.807, 2.05) is 0 Å². The molecule has 1 aromatic heterocycles. The van der Waals surface area contributed by atoms with Crippen LogP contribution in [0.5, 0.6) is 0 Å². The second kappa shape index (κ2) is 10.1. The lowest BCUT2D eigenvalue weighted by Gasteiger charge is -2.15. The molecule has 0 spiro atoms. The molecule has 2 heterocycles. The Kier molecular flexibility index (Phi) is 7.06. The molecule has 0 atom stereocenters. The molecule has 0 unspecified atom stereocenters. The Morgan fingerprint density at radius 3 is 2.53 bits per heavy atom. The third-order valence-electron chi connectivity index (χ3n) is 5.07. The van der Waals surface area contributed by atoms with Crippen LogP contribution in [0.3, 0.4) is 0 Å². The Morgan fingerprint density at radius 1 is 1.06 bits per heavy atom. The van der Waals surface area contributed by atoms with E-state index in [1.165, 1.54) is 6.07 Å². The van der Waals surface area contributed by atoms with Crippen LogP contribution in [0.1, 0.15) is 12.8 Å². The minimum Gasteiger partial charge on any atom is -0.346 e. The van der Waals surface area contributed by atoms with Gasteiger partial charge in [-0.2, -0.15) is 0 Å². The van der Waals surface area contributed by atoms with Gasteiger partial charge in [0.25, 0.3) is 0 Å². The number of nitrogens with zero attached hydrogens (tertiary/aromatic N) is 4. The van der Waals surface area contributed by atoms with Crippen molar-refractivity contribution in [1.82, 2.24) is 25.0 Å². The van der Waals surface area contributed by atoms with E-state index in [-0.39, 0.29) is 29.8 Å². The van der Waals surface area contributed by atoms with E-state index < -0.39 is 5.82 Å². The lowest BCUT2D eigenvalue weighted by molar-refractivity contribution is -0.131. The lowest BCUT2D eigenvalue weighted by atomic mass is 10.2. The van der Waals surface area contributed by atoms with Crippen molar-refractivity contribution < 1.29 is 14.0 Å². The highest BCUT2D eigenvalue weighted by Gasteiger charge is 2.22. The van der Waals surface area contributed by atoms with Crippen molar-refractivity contribution in [3.05, 3.63) is 59.4 Å². The quantitative estimate of drug-likeness (QED) is 0.531. The van der Waals surface area contributed by atoms with E-state index in [2.05, 4.69) is 15.5 Å². The SMILES string of the molecule is O=C(CSc1nnc(-c2ccccc2Cl)n1-c1ccccc1F)NCC(=O)N1CCCC1. The number of carbonyl (C=O) groups is 2. The van der Waals surface area contributed by atoms with Crippen molar-refractivity contribution in [2.75, 3.05) is 25.4 Å². The zero-order valence-corrected chi connectivity index (χ0v) is 18.7. The summed E-state index contributed by atoms with van der Waals surface area (Å²) < 4.78 is 16.2. The highest BCUT2D eigenvalue weighted by Crippen LogP contribution is 2.32. The molecule has 4 rings (SSSR count). The number of nitrogens with one attached hydrogen (secondary N) is 1. The first-order chi connectivity index (χ1) is 15.5.